The van der Waals surface area contributed by atoms with Crippen molar-refractivity contribution < 1.29 is 4.79 Å². The molecule has 0 aliphatic heterocycles. The second-order valence-corrected chi connectivity index (χ2v) is 7.05. The van der Waals surface area contributed by atoms with Crippen molar-refractivity contribution in [1.29, 1.82) is 0 Å². The first-order chi connectivity index (χ1) is 7.95. The summed E-state index contributed by atoms with van der Waals surface area (Å²) >= 11 is 0. The number of carbonyl (C=O) groups is 1. The Hall–Kier alpha value is -0.330. The van der Waals surface area contributed by atoms with Gasteiger partial charge in [0.15, 0.2) is 0 Å². The van der Waals surface area contributed by atoms with Gasteiger partial charge in [-0.2, -0.15) is 0 Å². The lowest BCUT2D eigenvalue weighted by Gasteiger charge is -2.55. The maximum atomic E-state index is 11.6. The molecule has 2 fully saturated rings. The van der Waals surface area contributed by atoms with Gasteiger partial charge in [0.05, 0.1) is 0 Å². The van der Waals surface area contributed by atoms with E-state index in [4.69, 9.17) is 0 Å². The Labute approximate surface area is 106 Å². The zero-order chi connectivity index (χ0) is 12.6. The van der Waals surface area contributed by atoms with Crippen molar-refractivity contribution in [3.05, 3.63) is 0 Å². The molecule has 0 radical (unpaired) electrons. The van der Waals surface area contributed by atoms with E-state index in [1.54, 1.807) is 6.92 Å². The molecule has 0 aromatic rings. The Balaban J connectivity index is 2.24. The minimum atomic E-state index is 0.391. The Morgan fingerprint density at radius 3 is 2.53 bits per heavy atom. The summed E-state index contributed by atoms with van der Waals surface area (Å²) in [6, 6.07) is 0. The third-order valence-electron chi connectivity index (χ3n) is 5.88. The first-order valence-corrected chi connectivity index (χ1v) is 7.44. The van der Waals surface area contributed by atoms with Gasteiger partial charge < -0.3 is 4.79 Å². The molecular weight excluding hydrogens is 208 g/mol. The monoisotopic (exact) mass is 236 g/mol. The minimum absolute atomic E-state index is 0.391. The van der Waals surface area contributed by atoms with Gasteiger partial charge in [-0.1, -0.05) is 40.0 Å². The average Bonchev–Trinajstić information content (AvgIpc) is 2.23. The van der Waals surface area contributed by atoms with Crippen molar-refractivity contribution in [3.63, 3.8) is 0 Å². The van der Waals surface area contributed by atoms with E-state index in [0.29, 0.717) is 17.1 Å². The molecule has 2 rings (SSSR count). The fourth-order valence-corrected chi connectivity index (χ4v) is 4.95. The molecule has 1 unspecified atom stereocenters. The molecule has 1 nitrogen and oxygen atoms in total. The van der Waals surface area contributed by atoms with Gasteiger partial charge in [0.2, 0.25) is 0 Å². The van der Waals surface area contributed by atoms with E-state index in [9.17, 15) is 4.79 Å². The van der Waals surface area contributed by atoms with E-state index in [-0.39, 0.29) is 0 Å². The SMILES string of the molecule is CC(=O)C[C@H]1[C@@H](C)CCC2[C@@H](C)CCC[C@@]21C. The van der Waals surface area contributed by atoms with Crippen LogP contribution in [-0.2, 0) is 4.79 Å². The van der Waals surface area contributed by atoms with Crippen LogP contribution in [0.1, 0.15) is 66.2 Å². The molecule has 98 valence electrons. The standard InChI is InChI=1S/C16H28O/c1-11-6-5-9-16(4)14(11)8-7-12(2)15(16)10-13(3)17/h11-12,14-15H,5-10H2,1-4H3/t11-,12-,14?,15-,16-/m0/s1. The molecule has 0 N–H and O–H groups in total. The van der Waals surface area contributed by atoms with Crippen molar-refractivity contribution in [1.82, 2.24) is 0 Å². The smallest absolute Gasteiger partial charge is 0.130 e. The predicted molar refractivity (Wildman–Crippen MR) is 71.8 cm³/mol. The minimum Gasteiger partial charge on any atom is -0.300 e. The third-order valence-corrected chi connectivity index (χ3v) is 5.88. The van der Waals surface area contributed by atoms with Gasteiger partial charge in [-0.15, -0.1) is 0 Å². The zero-order valence-corrected chi connectivity index (χ0v) is 12.0. The highest BCUT2D eigenvalue weighted by atomic mass is 16.1. The average molecular weight is 236 g/mol. The highest BCUT2D eigenvalue weighted by Crippen LogP contribution is 2.57. The lowest BCUT2D eigenvalue weighted by molar-refractivity contribution is -0.123. The van der Waals surface area contributed by atoms with Crippen LogP contribution in [0.3, 0.4) is 0 Å². The fourth-order valence-electron chi connectivity index (χ4n) is 4.95. The second kappa shape index (κ2) is 4.74. The van der Waals surface area contributed by atoms with Gasteiger partial charge in [-0.3, -0.25) is 0 Å². The number of fused-ring (bicyclic) bond motifs is 1. The van der Waals surface area contributed by atoms with Crippen molar-refractivity contribution in [2.24, 2.45) is 29.1 Å². The van der Waals surface area contributed by atoms with Crippen LogP contribution in [-0.4, -0.2) is 5.78 Å². The summed E-state index contributed by atoms with van der Waals surface area (Å²) < 4.78 is 0. The van der Waals surface area contributed by atoms with Gasteiger partial charge in [-0.05, 0) is 48.9 Å². The topological polar surface area (TPSA) is 17.1 Å². The zero-order valence-electron chi connectivity index (χ0n) is 12.0. The second-order valence-electron chi connectivity index (χ2n) is 7.05. The van der Waals surface area contributed by atoms with Gasteiger partial charge in [-0.25, -0.2) is 0 Å². The number of ketones is 1. The number of rotatable bonds is 2. The molecule has 2 aliphatic rings. The molecule has 0 spiro atoms. The Bertz CT molecular complexity index is 296. The van der Waals surface area contributed by atoms with Crippen LogP contribution >= 0.6 is 0 Å². The van der Waals surface area contributed by atoms with Crippen LogP contribution < -0.4 is 0 Å². The van der Waals surface area contributed by atoms with Gasteiger partial charge in [0, 0.05) is 6.42 Å². The predicted octanol–water partition coefficient (Wildman–Crippen LogP) is 4.45. The number of hydrogen-bond donors (Lipinski definition) is 0. The van der Waals surface area contributed by atoms with Crippen LogP contribution in [0.4, 0.5) is 0 Å². The molecule has 2 saturated carbocycles. The van der Waals surface area contributed by atoms with Crippen molar-refractivity contribution >= 4 is 5.78 Å². The number of hydrogen-bond acceptors (Lipinski definition) is 1. The highest BCUT2D eigenvalue weighted by molar-refractivity contribution is 5.75. The normalized spacial score (nSPS) is 46.4. The lowest BCUT2D eigenvalue weighted by Crippen LogP contribution is -2.48. The van der Waals surface area contributed by atoms with Crippen LogP contribution in [0.2, 0.25) is 0 Å². The molecule has 2 aliphatic carbocycles. The van der Waals surface area contributed by atoms with E-state index in [1.165, 1.54) is 32.1 Å². The molecule has 0 saturated heterocycles. The molecule has 0 aromatic carbocycles. The summed E-state index contributed by atoms with van der Waals surface area (Å²) in [7, 11) is 0. The third kappa shape index (κ3) is 2.30. The summed E-state index contributed by atoms with van der Waals surface area (Å²) in [5.41, 5.74) is 0.445. The highest BCUT2D eigenvalue weighted by Gasteiger charge is 2.49. The number of carbonyl (C=O) groups excluding carboxylic acids is 1. The quantitative estimate of drug-likeness (QED) is 0.692. The molecule has 0 bridgehead atoms. The first kappa shape index (κ1) is 13.1. The Morgan fingerprint density at radius 2 is 1.88 bits per heavy atom. The van der Waals surface area contributed by atoms with E-state index in [0.717, 1.165) is 24.2 Å². The molecule has 0 heterocycles. The lowest BCUT2D eigenvalue weighted by atomic mass is 9.50. The number of Topliss-reactive ketones (excluding diaryl/α,β-unsaturated/α-hetero) is 1. The molecule has 5 atom stereocenters. The van der Waals surface area contributed by atoms with Gasteiger partial charge in [0.1, 0.15) is 5.78 Å². The molecule has 1 heteroatoms. The largest absolute Gasteiger partial charge is 0.300 e. The molecule has 17 heavy (non-hydrogen) atoms. The summed E-state index contributed by atoms with van der Waals surface area (Å²) in [6.45, 7) is 9.06. The maximum Gasteiger partial charge on any atom is 0.130 e. The van der Waals surface area contributed by atoms with Gasteiger partial charge >= 0.3 is 0 Å². The summed E-state index contributed by atoms with van der Waals surface area (Å²) in [4.78, 5) is 11.6. The van der Waals surface area contributed by atoms with Crippen molar-refractivity contribution in [3.8, 4) is 0 Å². The van der Waals surface area contributed by atoms with Crippen molar-refractivity contribution in [2.75, 3.05) is 0 Å². The van der Waals surface area contributed by atoms with Crippen LogP contribution in [0.5, 0.6) is 0 Å². The van der Waals surface area contributed by atoms with Gasteiger partial charge in [0.25, 0.3) is 0 Å². The molecule has 0 aromatic heterocycles. The van der Waals surface area contributed by atoms with E-state index in [2.05, 4.69) is 20.8 Å². The molecule has 0 amide bonds. The summed E-state index contributed by atoms with van der Waals surface area (Å²) in [5, 5.41) is 0. The molecular formula is C16H28O. The van der Waals surface area contributed by atoms with E-state index in [1.807, 2.05) is 0 Å². The van der Waals surface area contributed by atoms with E-state index >= 15 is 0 Å². The maximum absolute atomic E-state index is 11.6. The fraction of sp³-hybridized carbons (Fsp3) is 0.938. The van der Waals surface area contributed by atoms with Crippen molar-refractivity contribution in [2.45, 2.75) is 66.2 Å². The Morgan fingerprint density at radius 1 is 1.18 bits per heavy atom. The van der Waals surface area contributed by atoms with Crippen LogP contribution in [0, 0.1) is 29.1 Å². The van der Waals surface area contributed by atoms with Crippen LogP contribution in [0.15, 0.2) is 0 Å². The summed E-state index contributed by atoms with van der Waals surface area (Å²) in [5.74, 6) is 3.52. The Kier molecular flexibility index (Phi) is 3.66. The van der Waals surface area contributed by atoms with Crippen LogP contribution in [0.25, 0.3) is 0 Å². The first-order valence-electron chi connectivity index (χ1n) is 7.44. The van der Waals surface area contributed by atoms with E-state index < -0.39 is 0 Å². The summed E-state index contributed by atoms with van der Waals surface area (Å²) in [6.07, 6.45) is 7.68.